The normalized spacial score (nSPS) is 11.9. The van der Waals surface area contributed by atoms with Gasteiger partial charge in [0.05, 0.1) is 0 Å². The van der Waals surface area contributed by atoms with Gasteiger partial charge in [-0.15, -0.1) is 0 Å². The van der Waals surface area contributed by atoms with Crippen molar-refractivity contribution < 1.29 is 0 Å². The molecule has 2 aromatic rings. The third kappa shape index (κ3) is 2.60. The Labute approximate surface area is 94.6 Å². The summed E-state index contributed by atoms with van der Waals surface area (Å²) in [7, 11) is 0.125. The van der Waals surface area contributed by atoms with Gasteiger partial charge < -0.3 is 5.50 Å². The zero-order chi connectivity index (χ0) is 10.5. The summed E-state index contributed by atoms with van der Waals surface area (Å²) in [6.45, 7) is 0. The lowest BCUT2D eigenvalue weighted by Gasteiger charge is -2.19. The number of nitrogens with two attached hydrogens (primary N) is 1. The lowest BCUT2D eigenvalue weighted by atomic mass is 10.4. The minimum atomic E-state index is -0.343. The molecule has 3 heteroatoms. The summed E-state index contributed by atoms with van der Waals surface area (Å²) in [5.41, 5.74) is 5.89. The minimum Gasteiger partial charge on any atom is -0.305 e. The molecule has 2 aromatic carbocycles. The van der Waals surface area contributed by atoms with E-state index in [1.165, 1.54) is 9.79 Å². The smallest absolute Gasteiger partial charge is 0.00413 e. The summed E-state index contributed by atoms with van der Waals surface area (Å²) < 4.78 is 0. The molecular formula is C12H14NPS. The molecule has 0 heterocycles. The van der Waals surface area contributed by atoms with Crippen molar-refractivity contribution in [2.45, 2.75) is 9.79 Å². The van der Waals surface area contributed by atoms with E-state index in [9.17, 15) is 0 Å². The molecule has 0 radical (unpaired) electrons. The average Bonchev–Trinajstić information content (AvgIpc) is 2.33. The van der Waals surface area contributed by atoms with Crippen LogP contribution in [0.25, 0.3) is 0 Å². The van der Waals surface area contributed by atoms with Crippen LogP contribution in [0.2, 0.25) is 0 Å². The molecular weight excluding hydrogens is 221 g/mol. The van der Waals surface area contributed by atoms with E-state index in [0.717, 1.165) is 0 Å². The van der Waals surface area contributed by atoms with Gasteiger partial charge in [-0.05, 0) is 42.0 Å². The number of benzene rings is 2. The maximum atomic E-state index is 5.89. The molecule has 0 bridgehead atoms. The Balaban J connectivity index is 2.34. The summed E-state index contributed by atoms with van der Waals surface area (Å²) in [4.78, 5) is 2.72. The van der Waals surface area contributed by atoms with Crippen LogP contribution in [0.3, 0.4) is 0 Å². The third-order valence-electron chi connectivity index (χ3n) is 2.16. The van der Waals surface area contributed by atoms with Gasteiger partial charge in [0.2, 0.25) is 0 Å². The molecule has 0 aliphatic heterocycles. The first-order chi connectivity index (χ1) is 7.42. The summed E-state index contributed by atoms with van der Waals surface area (Å²) in [5, 5.41) is 0. The van der Waals surface area contributed by atoms with Crippen LogP contribution >= 0.6 is 18.4 Å². The Bertz CT molecular complexity index is 365. The van der Waals surface area contributed by atoms with Gasteiger partial charge in [0, 0.05) is 0 Å². The van der Waals surface area contributed by atoms with Crippen molar-refractivity contribution in [2.75, 3.05) is 0 Å². The van der Waals surface area contributed by atoms with Crippen LogP contribution < -0.4 is 5.50 Å². The second kappa shape index (κ2) is 5.32. The Hall–Kier alpha value is -0.820. The van der Waals surface area contributed by atoms with Crippen LogP contribution in [-0.2, 0) is 0 Å². The Morgan fingerprint density at radius 2 is 1.13 bits per heavy atom. The highest BCUT2D eigenvalue weighted by molar-refractivity contribution is 8.60. The van der Waals surface area contributed by atoms with E-state index in [1.807, 2.05) is 12.1 Å². The average molecular weight is 235 g/mol. The van der Waals surface area contributed by atoms with Gasteiger partial charge in [-0.2, -0.15) is 10.5 Å². The van der Waals surface area contributed by atoms with Crippen molar-refractivity contribution in [1.82, 2.24) is 0 Å². The minimum absolute atomic E-state index is 0.343. The lowest BCUT2D eigenvalue weighted by molar-refractivity contribution is 1.40. The van der Waals surface area contributed by atoms with Crippen molar-refractivity contribution in [3.05, 3.63) is 60.7 Å². The van der Waals surface area contributed by atoms with E-state index >= 15 is 0 Å². The van der Waals surface area contributed by atoms with E-state index < -0.39 is 0 Å². The first-order valence-electron chi connectivity index (χ1n) is 4.78. The largest absolute Gasteiger partial charge is 0.305 e. The van der Waals surface area contributed by atoms with E-state index in [-0.39, 0.29) is 10.5 Å². The van der Waals surface area contributed by atoms with Crippen LogP contribution in [0.4, 0.5) is 0 Å². The van der Waals surface area contributed by atoms with E-state index in [2.05, 4.69) is 48.5 Å². The fourth-order valence-corrected chi connectivity index (χ4v) is 4.78. The molecule has 1 nitrogen and oxygen atoms in total. The predicted molar refractivity (Wildman–Crippen MR) is 70.9 cm³/mol. The molecule has 15 heavy (non-hydrogen) atoms. The van der Waals surface area contributed by atoms with Crippen molar-refractivity contribution in [2.24, 2.45) is 5.50 Å². The van der Waals surface area contributed by atoms with Gasteiger partial charge in [0.25, 0.3) is 0 Å². The van der Waals surface area contributed by atoms with Crippen molar-refractivity contribution in [3.63, 3.8) is 0 Å². The molecule has 1 atom stereocenters. The molecule has 0 fully saturated rings. The zero-order valence-corrected chi connectivity index (χ0v) is 10.2. The van der Waals surface area contributed by atoms with Crippen LogP contribution in [0.5, 0.6) is 0 Å². The highest BCUT2D eigenvalue weighted by Crippen LogP contribution is 2.55. The maximum absolute atomic E-state index is 5.89. The highest BCUT2D eigenvalue weighted by Gasteiger charge is 2.06. The molecule has 0 saturated heterocycles. The van der Waals surface area contributed by atoms with Gasteiger partial charge in [-0.1, -0.05) is 36.4 Å². The Morgan fingerprint density at radius 3 is 1.47 bits per heavy atom. The number of thiol groups is 1. The van der Waals surface area contributed by atoms with E-state index in [1.54, 1.807) is 0 Å². The molecule has 0 saturated carbocycles. The fraction of sp³-hybridized carbons (Fsp3) is 0. The molecule has 0 aliphatic rings. The molecule has 1 unspecified atom stereocenters. The van der Waals surface area contributed by atoms with Gasteiger partial charge in [-0.25, -0.2) is 0 Å². The fourth-order valence-electron chi connectivity index (χ4n) is 1.45. The summed E-state index contributed by atoms with van der Waals surface area (Å²) in [6, 6.07) is 21.1. The summed E-state index contributed by atoms with van der Waals surface area (Å²) in [5.74, 6) is 0. The predicted octanol–water partition coefficient (Wildman–Crippen LogP) is 3.57. The topological polar surface area (TPSA) is 26.0 Å². The van der Waals surface area contributed by atoms with Crippen LogP contribution in [0.15, 0.2) is 70.5 Å². The molecule has 2 rings (SSSR count). The Kier molecular flexibility index (Phi) is 3.79. The van der Waals surface area contributed by atoms with Crippen molar-refractivity contribution in [3.8, 4) is 0 Å². The van der Waals surface area contributed by atoms with Crippen molar-refractivity contribution >= 4 is 18.4 Å². The molecule has 0 spiro atoms. The van der Waals surface area contributed by atoms with Gasteiger partial charge in [0.1, 0.15) is 0 Å². The maximum Gasteiger partial charge on any atom is -0.00413 e. The standard InChI is InChI=1S/C12H14NPS/c13-14-15(11-7-3-1-4-8-11)12-9-5-2-6-10-12/h1-10,14-15H,13H2. The monoisotopic (exact) mass is 235 g/mol. The highest BCUT2D eigenvalue weighted by atomic mass is 32.7. The lowest BCUT2D eigenvalue weighted by Crippen LogP contribution is -1.83. The van der Waals surface area contributed by atoms with Crippen LogP contribution in [0, 0.1) is 0 Å². The molecule has 0 aliphatic carbocycles. The van der Waals surface area contributed by atoms with Crippen LogP contribution in [-0.4, -0.2) is 0 Å². The van der Waals surface area contributed by atoms with Gasteiger partial charge in [0.15, 0.2) is 0 Å². The second-order valence-electron chi connectivity index (χ2n) is 3.14. The molecule has 0 amide bonds. The first kappa shape index (κ1) is 10.7. The third-order valence-corrected chi connectivity index (χ3v) is 6.37. The SMILES string of the molecule is NP[SH](c1ccccc1)c1ccccc1. The quantitative estimate of drug-likeness (QED) is 0.617. The van der Waals surface area contributed by atoms with E-state index in [4.69, 9.17) is 5.50 Å². The second-order valence-corrected chi connectivity index (χ2v) is 7.21. The zero-order valence-electron chi connectivity index (χ0n) is 8.30. The Morgan fingerprint density at radius 1 is 0.733 bits per heavy atom. The van der Waals surface area contributed by atoms with Crippen LogP contribution in [0.1, 0.15) is 0 Å². The number of hydrogen-bond acceptors (Lipinski definition) is 1. The van der Waals surface area contributed by atoms with Gasteiger partial charge in [-0.3, -0.25) is 0 Å². The van der Waals surface area contributed by atoms with Crippen molar-refractivity contribution in [1.29, 1.82) is 0 Å². The van der Waals surface area contributed by atoms with E-state index in [0.29, 0.717) is 7.93 Å². The molecule has 78 valence electrons. The number of rotatable bonds is 3. The first-order valence-corrected chi connectivity index (χ1v) is 8.04. The van der Waals surface area contributed by atoms with Gasteiger partial charge >= 0.3 is 0 Å². The molecule has 0 aromatic heterocycles. The number of hydrogen-bond donors (Lipinski definition) is 2. The molecule has 2 N–H and O–H groups in total. The summed E-state index contributed by atoms with van der Waals surface area (Å²) >= 11 is 0. The summed E-state index contributed by atoms with van der Waals surface area (Å²) in [6.07, 6.45) is 0.